The molecule has 0 aliphatic heterocycles. The number of hydrogen-bond acceptors (Lipinski definition) is 5. The van der Waals surface area contributed by atoms with Crippen LogP contribution in [0.1, 0.15) is 30.5 Å². The second kappa shape index (κ2) is 9.12. The molecule has 28 heavy (non-hydrogen) atoms. The third-order valence-corrected chi connectivity index (χ3v) is 5.52. The van der Waals surface area contributed by atoms with Crippen molar-refractivity contribution in [3.05, 3.63) is 64.7 Å². The van der Waals surface area contributed by atoms with E-state index >= 15 is 0 Å². The molecule has 0 radical (unpaired) electrons. The quantitative estimate of drug-likeness (QED) is 0.450. The lowest BCUT2D eigenvalue weighted by molar-refractivity contribution is -0.119. The number of hydrogen-bond donors (Lipinski definition) is 2. The van der Waals surface area contributed by atoms with Gasteiger partial charge >= 0.3 is 0 Å². The van der Waals surface area contributed by atoms with Gasteiger partial charge in [-0.3, -0.25) is 4.79 Å². The molecule has 146 valence electrons. The number of carbonyl (C=O) groups is 1. The maximum atomic E-state index is 12.4. The number of carbonyl (C=O) groups excluding carboxylic acids is 1. The van der Waals surface area contributed by atoms with Crippen molar-refractivity contribution in [2.24, 2.45) is 0 Å². The van der Waals surface area contributed by atoms with Crippen LogP contribution in [0.3, 0.4) is 0 Å². The molecule has 2 aromatic carbocycles. The monoisotopic (exact) mass is 415 g/mol. The van der Waals surface area contributed by atoms with Crippen LogP contribution in [0.15, 0.2) is 53.7 Å². The highest BCUT2D eigenvalue weighted by Crippen LogP contribution is 2.23. The van der Waals surface area contributed by atoms with Gasteiger partial charge in [-0.25, -0.2) is 4.68 Å². The summed E-state index contributed by atoms with van der Waals surface area (Å²) in [6.07, 6.45) is 0.813. The first-order chi connectivity index (χ1) is 13.5. The van der Waals surface area contributed by atoms with Gasteiger partial charge in [-0.1, -0.05) is 60.1 Å². The van der Waals surface area contributed by atoms with Crippen molar-refractivity contribution < 1.29 is 4.79 Å². The molecule has 0 fully saturated rings. The molecule has 1 heterocycles. The maximum absolute atomic E-state index is 12.4. The van der Waals surface area contributed by atoms with Gasteiger partial charge in [0.1, 0.15) is 0 Å². The number of amides is 1. The van der Waals surface area contributed by atoms with Crippen LogP contribution in [-0.4, -0.2) is 26.5 Å². The largest absolute Gasteiger partial charge is 0.349 e. The van der Waals surface area contributed by atoms with E-state index < -0.39 is 0 Å². The summed E-state index contributed by atoms with van der Waals surface area (Å²) in [5.74, 6) is 6.75. The average Bonchev–Trinajstić information content (AvgIpc) is 3.06. The average molecular weight is 416 g/mol. The lowest BCUT2D eigenvalue weighted by Gasteiger charge is -2.17. The predicted octanol–water partition coefficient (Wildman–Crippen LogP) is 3.98. The molecule has 8 heteroatoms. The van der Waals surface area contributed by atoms with Gasteiger partial charge in [-0.15, -0.1) is 10.2 Å². The topological polar surface area (TPSA) is 85.8 Å². The van der Waals surface area contributed by atoms with Crippen molar-refractivity contribution in [1.29, 1.82) is 0 Å². The number of nitrogens with zero attached hydrogens (tertiary/aromatic N) is 3. The van der Waals surface area contributed by atoms with Crippen LogP contribution < -0.4 is 11.2 Å². The fourth-order valence-corrected chi connectivity index (χ4v) is 3.55. The zero-order chi connectivity index (χ0) is 20.1. The van der Waals surface area contributed by atoms with E-state index in [1.54, 1.807) is 12.1 Å². The van der Waals surface area contributed by atoms with E-state index in [1.165, 1.54) is 22.0 Å². The number of aromatic nitrogens is 3. The predicted molar refractivity (Wildman–Crippen MR) is 114 cm³/mol. The Bertz CT molecular complexity index is 940. The second-order valence-electron chi connectivity index (χ2n) is 6.41. The van der Waals surface area contributed by atoms with Crippen molar-refractivity contribution in [1.82, 2.24) is 20.2 Å². The highest BCUT2D eigenvalue weighted by Gasteiger charge is 2.16. The van der Waals surface area contributed by atoms with Gasteiger partial charge in [0.15, 0.2) is 5.82 Å². The maximum Gasteiger partial charge on any atom is 0.230 e. The normalized spacial score (nSPS) is 12.0. The smallest absolute Gasteiger partial charge is 0.230 e. The Kier molecular flexibility index (Phi) is 6.59. The number of halogens is 1. The molecule has 3 N–H and O–H groups in total. The van der Waals surface area contributed by atoms with E-state index in [0.717, 1.165) is 17.5 Å². The standard InChI is InChI=1S/C20H22ClN5OS/c1-3-17(14-6-4-13(2)5-7-14)23-18(27)12-28-20-25-24-19(26(20)22)15-8-10-16(21)11-9-15/h4-11,17H,3,12,22H2,1-2H3,(H,23,27)/t17-/m0/s1. The Hall–Kier alpha value is -2.51. The molecular weight excluding hydrogens is 394 g/mol. The number of nitrogen functional groups attached to an aromatic ring is 1. The van der Waals surface area contributed by atoms with Crippen molar-refractivity contribution in [3.63, 3.8) is 0 Å². The Balaban J connectivity index is 1.61. The van der Waals surface area contributed by atoms with Crippen LogP contribution in [0.5, 0.6) is 0 Å². The number of thioether (sulfide) groups is 1. The first-order valence-corrected chi connectivity index (χ1v) is 10.3. The highest BCUT2D eigenvalue weighted by atomic mass is 35.5. The molecule has 1 aromatic heterocycles. The highest BCUT2D eigenvalue weighted by molar-refractivity contribution is 7.99. The lowest BCUT2D eigenvalue weighted by Crippen LogP contribution is -2.29. The molecule has 3 aromatic rings. The molecular formula is C20H22ClN5OS. The summed E-state index contributed by atoms with van der Waals surface area (Å²) >= 11 is 7.16. The van der Waals surface area contributed by atoms with E-state index in [4.69, 9.17) is 17.4 Å². The summed E-state index contributed by atoms with van der Waals surface area (Å²) in [4.78, 5) is 12.4. The SMILES string of the molecule is CC[C@H](NC(=O)CSc1nnc(-c2ccc(Cl)cc2)n1N)c1ccc(C)cc1. The minimum Gasteiger partial charge on any atom is -0.349 e. The fourth-order valence-electron chi connectivity index (χ4n) is 2.76. The van der Waals surface area contributed by atoms with E-state index in [1.807, 2.05) is 50.2 Å². The summed E-state index contributed by atoms with van der Waals surface area (Å²) in [6, 6.07) is 15.4. The van der Waals surface area contributed by atoms with Gasteiger partial charge in [-0.2, -0.15) is 0 Å². The molecule has 0 saturated heterocycles. The van der Waals surface area contributed by atoms with Gasteiger partial charge in [0, 0.05) is 10.6 Å². The van der Waals surface area contributed by atoms with Gasteiger partial charge in [0.2, 0.25) is 11.1 Å². The van der Waals surface area contributed by atoms with E-state index in [9.17, 15) is 4.79 Å². The van der Waals surface area contributed by atoms with Crippen LogP contribution in [-0.2, 0) is 4.79 Å². The lowest BCUT2D eigenvalue weighted by atomic mass is 10.0. The van der Waals surface area contributed by atoms with Crippen LogP contribution in [0.25, 0.3) is 11.4 Å². The van der Waals surface area contributed by atoms with E-state index in [-0.39, 0.29) is 17.7 Å². The molecule has 0 aliphatic rings. The molecule has 3 rings (SSSR count). The first kappa shape index (κ1) is 20.2. The van der Waals surface area contributed by atoms with E-state index in [0.29, 0.717) is 16.0 Å². The summed E-state index contributed by atoms with van der Waals surface area (Å²) in [6.45, 7) is 4.09. The zero-order valence-electron chi connectivity index (χ0n) is 15.7. The molecule has 0 saturated carbocycles. The number of aryl methyl sites for hydroxylation is 1. The Labute approximate surface area is 173 Å². The van der Waals surface area contributed by atoms with Crippen LogP contribution >= 0.6 is 23.4 Å². The number of rotatable bonds is 7. The van der Waals surface area contributed by atoms with Gasteiger partial charge < -0.3 is 11.2 Å². The van der Waals surface area contributed by atoms with Crippen LogP contribution in [0, 0.1) is 6.92 Å². The number of nitrogens with two attached hydrogens (primary N) is 1. The van der Waals surface area contributed by atoms with Gasteiger partial charge in [-0.05, 0) is 43.2 Å². The van der Waals surface area contributed by atoms with Crippen LogP contribution in [0.2, 0.25) is 5.02 Å². The van der Waals surface area contributed by atoms with Crippen LogP contribution in [0.4, 0.5) is 0 Å². The molecule has 0 bridgehead atoms. The Morgan fingerprint density at radius 1 is 1.18 bits per heavy atom. The second-order valence-corrected chi connectivity index (χ2v) is 7.79. The Morgan fingerprint density at radius 2 is 1.86 bits per heavy atom. The summed E-state index contributed by atoms with van der Waals surface area (Å²) in [7, 11) is 0. The van der Waals surface area contributed by atoms with Crippen molar-refractivity contribution in [2.75, 3.05) is 11.6 Å². The molecule has 0 spiro atoms. The third-order valence-electron chi connectivity index (χ3n) is 4.32. The number of nitrogens with one attached hydrogen (secondary N) is 1. The summed E-state index contributed by atoms with van der Waals surface area (Å²) in [5, 5.41) is 12.4. The fraction of sp³-hybridized carbons (Fsp3) is 0.250. The molecule has 0 aliphatic carbocycles. The zero-order valence-corrected chi connectivity index (χ0v) is 17.3. The molecule has 1 amide bonds. The summed E-state index contributed by atoms with van der Waals surface area (Å²) in [5.41, 5.74) is 3.10. The van der Waals surface area contributed by atoms with Gasteiger partial charge in [0.25, 0.3) is 0 Å². The van der Waals surface area contributed by atoms with Crippen molar-refractivity contribution in [2.45, 2.75) is 31.5 Å². The Morgan fingerprint density at radius 3 is 2.50 bits per heavy atom. The molecule has 1 atom stereocenters. The minimum absolute atomic E-state index is 0.0194. The molecule has 6 nitrogen and oxygen atoms in total. The van der Waals surface area contributed by atoms with Crippen molar-refractivity contribution in [3.8, 4) is 11.4 Å². The first-order valence-electron chi connectivity index (χ1n) is 8.93. The minimum atomic E-state index is -0.0755. The van der Waals surface area contributed by atoms with Gasteiger partial charge in [0.05, 0.1) is 11.8 Å². The van der Waals surface area contributed by atoms with Crippen molar-refractivity contribution >= 4 is 29.3 Å². The molecule has 0 unspecified atom stereocenters. The third kappa shape index (κ3) is 4.85. The van der Waals surface area contributed by atoms with E-state index in [2.05, 4.69) is 15.5 Å². The summed E-state index contributed by atoms with van der Waals surface area (Å²) < 4.78 is 1.39. The number of benzene rings is 2.